The summed E-state index contributed by atoms with van der Waals surface area (Å²) in [4.78, 5) is 12.2. The number of halogens is 1. The molecule has 0 aliphatic heterocycles. The van der Waals surface area contributed by atoms with Crippen LogP contribution < -0.4 is 10.7 Å². The first-order valence-electron chi connectivity index (χ1n) is 10.9. The number of amides is 1. The van der Waals surface area contributed by atoms with Crippen LogP contribution in [0.15, 0.2) is 68.8 Å². The number of nitrogens with zero attached hydrogens (tertiary/aromatic N) is 4. The highest BCUT2D eigenvalue weighted by Gasteiger charge is 2.11. The number of hydrogen-bond donors (Lipinski definition) is 2. The van der Waals surface area contributed by atoms with Crippen LogP contribution in [0.3, 0.4) is 0 Å². The third-order valence-electron chi connectivity index (χ3n) is 5.01. The molecule has 3 rings (SSSR count). The number of anilines is 1. The lowest BCUT2D eigenvalue weighted by molar-refractivity contribution is -0.118. The lowest BCUT2D eigenvalue weighted by atomic mass is 10.0. The van der Waals surface area contributed by atoms with Crippen LogP contribution >= 0.6 is 27.7 Å². The first-order chi connectivity index (χ1) is 16.3. The Morgan fingerprint density at radius 1 is 1.15 bits per heavy atom. The van der Waals surface area contributed by atoms with E-state index in [-0.39, 0.29) is 11.7 Å². The third kappa shape index (κ3) is 7.85. The standard InChI is InChI=1S/C25H29BrN6OS/c1-17(2)20-7-5-19(6-8-20)13-18(3)14-28-30-24(33)16-34-25-31-29-23(32(25)4)15-27-22-11-9-21(26)10-12-22/h5-14,17,27H,15-16H2,1-4H3,(H,30,33)/b18-13+,28-14?. The molecule has 0 fully saturated rings. The fourth-order valence-electron chi connectivity index (χ4n) is 3.02. The smallest absolute Gasteiger partial charge is 0.250 e. The molecule has 1 aromatic heterocycles. The highest BCUT2D eigenvalue weighted by molar-refractivity contribution is 9.10. The van der Waals surface area contributed by atoms with E-state index in [1.165, 1.54) is 17.3 Å². The van der Waals surface area contributed by atoms with Crippen LogP contribution in [0.2, 0.25) is 0 Å². The number of allylic oxidation sites excluding steroid dienone is 1. The molecule has 0 unspecified atom stereocenters. The molecule has 1 heterocycles. The predicted octanol–water partition coefficient (Wildman–Crippen LogP) is 5.61. The number of carbonyl (C=O) groups is 1. The number of benzene rings is 2. The summed E-state index contributed by atoms with van der Waals surface area (Å²) in [6.45, 7) is 6.84. The van der Waals surface area contributed by atoms with Crippen molar-refractivity contribution in [2.24, 2.45) is 12.1 Å². The van der Waals surface area contributed by atoms with Gasteiger partial charge in [-0.1, -0.05) is 71.9 Å². The topological polar surface area (TPSA) is 84.2 Å². The molecule has 0 aliphatic carbocycles. The van der Waals surface area contributed by atoms with Crippen molar-refractivity contribution in [3.05, 3.63) is 75.5 Å². The highest BCUT2D eigenvalue weighted by Crippen LogP contribution is 2.18. The van der Waals surface area contributed by atoms with E-state index in [0.29, 0.717) is 17.6 Å². The van der Waals surface area contributed by atoms with Gasteiger partial charge < -0.3 is 9.88 Å². The molecule has 0 saturated carbocycles. The summed E-state index contributed by atoms with van der Waals surface area (Å²) < 4.78 is 2.91. The van der Waals surface area contributed by atoms with Crippen LogP contribution in [0.1, 0.15) is 43.6 Å². The molecule has 0 aliphatic rings. The van der Waals surface area contributed by atoms with E-state index in [1.54, 1.807) is 6.21 Å². The minimum atomic E-state index is -0.201. The second kappa shape index (κ2) is 12.5. The molecule has 0 radical (unpaired) electrons. The van der Waals surface area contributed by atoms with Crippen LogP contribution in [0, 0.1) is 0 Å². The monoisotopic (exact) mass is 540 g/mol. The summed E-state index contributed by atoms with van der Waals surface area (Å²) in [6, 6.07) is 16.4. The average Bonchev–Trinajstić information content (AvgIpc) is 3.17. The minimum absolute atomic E-state index is 0.197. The van der Waals surface area contributed by atoms with Gasteiger partial charge in [-0.2, -0.15) is 5.10 Å². The van der Waals surface area contributed by atoms with Crippen molar-refractivity contribution in [2.45, 2.75) is 38.4 Å². The Labute approximate surface area is 213 Å². The maximum Gasteiger partial charge on any atom is 0.250 e. The van der Waals surface area contributed by atoms with Crippen LogP contribution in [0.25, 0.3) is 6.08 Å². The molecule has 0 atom stereocenters. The highest BCUT2D eigenvalue weighted by atomic mass is 79.9. The van der Waals surface area contributed by atoms with Gasteiger partial charge in [0, 0.05) is 17.2 Å². The van der Waals surface area contributed by atoms with Crippen molar-refractivity contribution in [2.75, 3.05) is 11.1 Å². The second-order valence-corrected chi connectivity index (χ2v) is 9.97. The van der Waals surface area contributed by atoms with E-state index in [9.17, 15) is 4.79 Å². The van der Waals surface area contributed by atoms with Crippen molar-refractivity contribution in [1.29, 1.82) is 0 Å². The van der Waals surface area contributed by atoms with Gasteiger partial charge in [-0.3, -0.25) is 4.79 Å². The van der Waals surface area contributed by atoms with E-state index in [1.807, 2.05) is 48.9 Å². The summed E-state index contributed by atoms with van der Waals surface area (Å²) in [5.74, 6) is 1.29. The lowest BCUT2D eigenvalue weighted by Crippen LogP contribution is -2.20. The largest absolute Gasteiger partial charge is 0.378 e. The number of carbonyl (C=O) groups excluding carboxylic acids is 1. The Morgan fingerprint density at radius 3 is 2.53 bits per heavy atom. The zero-order chi connectivity index (χ0) is 24.5. The molecule has 0 saturated heterocycles. The Bertz CT molecular complexity index is 1150. The van der Waals surface area contributed by atoms with Crippen molar-refractivity contribution in [3.63, 3.8) is 0 Å². The van der Waals surface area contributed by atoms with Crippen molar-refractivity contribution in [1.82, 2.24) is 20.2 Å². The van der Waals surface area contributed by atoms with Crippen molar-refractivity contribution >= 4 is 51.6 Å². The SMILES string of the molecule is C/C(C=NNC(=O)CSc1nnc(CNc2ccc(Br)cc2)n1C)=C\c1ccc(C(C)C)cc1. The minimum Gasteiger partial charge on any atom is -0.378 e. The van der Waals surface area contributed by atoms with E-state index in [0.717, 1.165) is 27.1 Å². The quantitative estimate of drug-likeness (QED) is 0.198. The summed E-state index contributed by atoms with van der Waals surface area (Å²) in [5.41, 5.74) is 6.92. The fraction of sp³-hybridized carbons (Fsp3) is 0.280. The average molecular weight is 542 g/mol. The van der Waals surface area contributed by atoms with Gasteiger partial charge in [0.1, 0.15) is 0 Å². The molecule has 34 heavy (non-hydrogen) atoms. The van der Waals surface area contributed by atoms with E-state index < -0.39 is 0 Å². The van der Waals surface area contributed by atoms with Gasteiger partial charge in [0.05, 0.1) is 18.5 Å². The normalized spacial score (nSPS) is 11.9. The van der Waals surface area contributed by atoms with Crippen LogP contribution in [-0.4, -0.2) is 32.6 Å². The molecule has 2 N–H and O–H groups in total. The zero-order valence-electron chi connectivity index (χ0n) is 19.7. The number of rotatable bonds is 10. The van der Waals surface area contributed by atoms with Gasteiger partial charge >= 0.3 is 0 Å². The van der Waals surface area contributed by atoms with Crippen LogP contribution in [0.4, 0.5) is 5.69 Å². The maximum absolute atomic E-state index is 12.2. The van der Waals surface area contributed by atoms with E-state index in [2.05, 4.69) is 80.1 Å². The Balaban J connectivity index is 1.44. The second-order valence-electron chi connectivity index (χ2n) is 8.11. The molecule has 7 nitrogen and oxygen atoms in total. The number of aromatic nitrogens is 3. The Morgan fingerprint density at radius 2 is 1.85 bits per heavy atom. The predicted molar refractivity (Wildman–Crippen MR) is 144 cm³/mol. The van der Waals surface area contributed by atoms with Crippen molar-refractivity contribution in [3.8, 4) is 0 Å². The van der Waals surface area contributed by atoms with Crippen molar-refractivity contribution < 1.29 is 4.79 Å². The molecule has 178 valence electrons. The van der Waals surface area contributed by atoms with Gasteiger partial charge in [0.2, 0.25) is 0 Å². The summed E-state index contributed by atoms with van der Waals surface area (Å²) in [5, 5.41) is 16.5. The summed E-state index contributed by atoms with van der Waals surface area (Å²) in [6.07, 6.45) is 3.67. The first-order valence-corrected chi connectivity index (χ1v) is 12.7. The first kappa shape index (κ1) is 25.7. The molecule has 0 bridgehead atoms. The summed E-state index contributed by atoms with van der Waals surface area (Å²) >= 11 is 4.75. The van der Waals surface area contributed by atoms with E-state index >= 15 is 0 Å². The third-order valence-corrected chi connectivity index (χ3v) is 6.56. The number of nitrogens with one attached hydrogen (secondary N) is 2. The van der Waals surface area contributed by atoms with Gasteiger partial charge in [-0.15, -0.1) is 10.2 Å². The fourth-order valence-corrected chi connectivity index (χ4v) is 4.01. The molecule has 9 heteroatoms. The molecule has 2 aromatic carbocycles. The Hall–Kier alpha value is -2.91. The molecular weight excluding hydrogens is 512 g/mol. The lowest BCUT2D eigenvalue weighted by Gasteiger charge is -2.07. The Kier molecular flexibility index (Phi) is 9.47. The summed E-state index contributed by atoms with van der Waals surface area (Å²) in [7, 11) is 1.89. The van der Waals surface area contributed by atoms with Crippen LogP contribution in [-0.2, 0) is 18.4 Å². The number of thioether (sulfide) groups is 1. The van der Waals surface area contributed by atoms with Gasteiger partial charge in [-0.25, -0.2) is 5.43 Å². The molecular formula is C25H29BrN6OS. The van der Waals surface area contributed by atoms with Gasteiger partial charge in [-0.05, 0) is 53.8 Å². The number of hydrazone groups is 1. The molecule has 1 amide bonds. The zero-order valence-corrected chi connectivity index (χ0v) is 22.2. The van der Waals surface area contributed by atoms with Gasteiger partial charge in [0.25, 0.3) is 5.91 Å². The number of hydrogen-bond acceptors (Lipinski definition) is 6. The van der Waals surface area contributed by atoms with Crippen LogP contribution in [0.5, 0.6) is 0 Å². The molecule has 0 spiro atoms. The van der Waals surface area contributed by atoms with Gasteiger partial charge in [0.15, 0.2) is 11.0 Å². The maximum atomic E-state index is 12.2. The molecule has 3 aromatic rings. The van der Waals surface area contributed by atoms with E-state index in [4.69, 9.17) is 0 Å².